The van der Waals surface area contributed by atoms with E-state index in [1.54, 1.807) is 0 Å². The lowest BCUT2D eigenvalue weighted by Crippen LogP contribution is -2.41. The van der Waals surface area contributed by atoms with Gasteiger partial charge in [-0.2, -0.15) is 5.10 Å². The van der Waals surface area contributed by atoms with E-state index in [-0.39, 0.29) is 30.0 Å². The zero-order chi connectivity index (χ0) is 11.0. The number of nitrogens with zero attached hydrogens (tertiary/aromatic N) is 4. The first-order valence-corrected chi connectivity index (χ1v) is 5.77. The average molecular weight is 348 g/mol. The summed E-state index contributed by atoms with van der Waals surface area (Å²) < 4.78 is 0. The van der Waals surface area contributed by atoms with E-state index in [2.05, 4.69) is 37.3 Å². The van der Waals surface area contributed by atoms with Crippen molar-refractivity contribution in [3.05, 3.63) is 12.2 Å². The number of rotatable bonds is 2. The number of aromatic amines is 1. The number of aromatic nitrogens is 3. The lowest BCUT2D eigenvalue weighted by molar-refractivity contribution is 0.412. The third-order valence-corrected chi connectivity index (χ3v) is 3.29. The topological polar surface area (TPSA) is 69.2 Å². The molecule has 1 aromatic rings. The summed E-state index contributed by atoms with van der Waals surface area (Å²) in [7, 11) is 0. The fourth-order valence-electron chi connectivity index (χ4n) is 2.40. The SMILES string of the molecule is CC(NC1=NC[C@H]2CCCN12)c1ncn[nH]1.I. The Bertz CT molecular complexity index is 390. The van der Waals surface area contributed by atoms with Crippen LogP contribution >= 0.6 is 24.0 Å². The molecule has 0 saturated carbocycles. The molecule has 1 unspecified atom stereocenters. The van der Waals surface area contributed by atoms with Gasteiger partial charge in [-0.1, -0.05) is 0 Å². The third-order valence-electron chi connectivity index (χ3n) is 3.29. The summed E-state index contributed by atoms with van der Waals surface area (Å²) in [6, 6.07) is 0.755. The molecule has 0 bridgehead atoms. The van der Waals surface area contributed by atoms with Gasteiger partial charge >= 0.3 is 0 Å². The molecular formula is C10H17IN6. The van der Waals surface area contributed by atoms with Gasteiger partial charge in [-0.15, -0.1) is 24.0 Å². The van der Waals surface area contributed by atoms with Crippen LogP contribution in [0.5, 0.6) is 0 Å². The van der Waals surface area contributed by atoms with Crippen LogP contribution in [-0.4, -0.2) is 45.2 Å². The van der Waals surface area contributed by atoms with Gasteiger partial charge < -0.3 is 10.2 Å². The lowest BCUT2D eigenvalue weighted by atomic mass is 10.2. The molecule has 0 aliphatic carbocycles. The largest absolute Gasteiger partial charge is 0.347 e. The van der Waals surface area contributed by atoms with Crippen LogP contribution in [0.3, 0.4) is 0 Å². The molecule has 94 valence electrons. The van der Waals surface area contributed by atoms with Gasteiger partial charge in [-0.05, 0) is 19.8 Å². The van der Waals surface area contributed by atoms with Crippen molar-refractivity contribution in [2.24, 2.45) is 4.99 Å². The molecule has 0 radical (unpaired) electrons. The lowest BCUT2D eigenvalue weighted by Gasteiger charge is -2.22. The van der Waals surface area contributed by atoms with Crippen LogP contribution in [0.1, 0.15) is 31.6 Å². The molecule has 1 fully saturated rings. The smallest absolute Gasteiger partial charge is 0.194 e. The van der Waals surface area contributed by atoms with E-state index >= 15 is 0 Å². The van der Waals surface area contributed by atoms with Crippen molar-refractivity contribution < 1.29 is 0 Å². The molecule has 2 atom stereocenters. The van der Waals surface area contributed by atoms with Crippen LogP contribution < -0.4 is 5.32 Å². The van der Waals surface area contributed by atoms with Gasteiger partial charge in [-0.3, -0.25) is 10.1 Å². The van der Waals surface area contributed by atoms with Crippen molar-refractivity contribution in [2.45, 2.75) is 31.8 Å². The summed E-state index contributed by atoms with van der Waals surface area (Å²) in [6.45, 7) is 4.12. The minimum absolute atomic E-state index is 0. The van der Waals surface area contributed by atoms with Crippen LogP contribution in [0.4, 0.5) is 0 Å². The maximum atomic E-state index is 4.54. The standard InChI is InChI=1S/C10H16N6.HI/c1-7(9-12-6-13-15-9)14-10-11-5-8-3-2-4-16(8)10;/h6-8H,2-5H2,1H3,(H,11,14)(H,12,13,15);1H/t7?,8-;/m1./s1. The van der Waals surface area contributed by atoms with Gasteiger partial charge in [-0.25, -0.2) is 4.98 Å². The zero-order valence-electron chi connectivity index (χ0n) is 9.76. The molecule has 3 rings (SSSR count). The van der Waals surface area contributed by atoms with E-state index in [0.717, 1.165) is 24.9 Å². The summed E-state index contributed by atoms with van der Waals surface area (Å²) in [6.07, 6.45) is 4.08. The van der Waals surface area contributed by atoms with Crippen molar-refractivity contribution in [2.75, 3.05) is 13.1 Å². The number of fused-ring (bicyclic) bond motifs is 1. The van der Waals surface area contributed by atoms with Gasteiger partial charge in [0.1, 0.15) is 12.2 Å². The Morgan fingerprint density at radius 2 is 2.47 bits per heavy atom. The predicted molar refractivity (Wildman–Crippen MR) is 75.4 cm³/mol. The van der Waals surface area contributed by atoms with E-state index in [1.165, 1.54) is 19.2 Å². The maximum Gasteiger partial charge on any atom is 0.194 e. The van der Waals surface area contributed by atoms with Gasteiger partial charge in [0.25, 0.3) is 0 Å². The number of guanidine groups is 1. The Morgan fingerprint density at radius 1 is 1.59 bits per heavy atom. The molecule has 1 aromatic heterocycles. The number of hydrogen-bond acceptors (Lipinski definition) is 5. The first kappa shape index (κ1) is 12.6. The molecule has 1 saturated heterocycles. The van der Waals surface area contributed by atoms with Crippen molar-refractivity contribution in [1.82, 2.24) is 25.4 Å². The minimum Gasteiger partial charge on any atom is -0.347 e. The van der Waals surface area contributed by atoms with Crippen molar-refractivity contribution >= 4 is 29.9 Å². The van der Waals surface area contributed by atoms with Gasteiger partial charge in [0.2, 0.25) is 0 Å². The van der Waals surface area contributed by atoms with Crippen LogP contribution in [0.2, 0.25) is 0 Å². The molecule has 17 heavy (non-hydrogen) atoms. The van der Waals surface area contributed by atoms with E-state index in [1.807, 2.05) is 0 Å². The molecule has 0 amide bonds. The normalized spacial score (nSPS) is 23.9. The number of aliphatic imine (C=N–C) groups is 1. The van der Waals surface area contributed by atoms with Gasteiger partial charge in [0, 0.05) is 6.54 Å². The third kappa shape index (κ3) is 2.38. The highest BCUT2D eigenvalue weighted by molar-refractivity contribution is 14.0. The molecule has 0 spiro atoms. The predicted octanol–water partition coefficient (Wildman–Crippen LogP) is 0.907. The fourth-order valence-corrected chi connectivity index (χ4v) is 2.40. The number of H-pyrrole nitrogens is 1. The van der Waals surface area contributed by atoms with Crippen molar-refractivity contribution in [3.63, 3.8) is 0 Å². The monoisotopic (exact) mass is 348 g/mol. The Balaban J connectivity index is 0.00000108. The molecule has 0 aromatic carbocycles. The molecule has 3 heterocycles. The summed E-state index contributed by atoms with van der Waals surface area (Å²) in [5.74, 6) is 1.87. The van der Waals surface area contributed by atoms with Gasteiger partial charge in [0.15, 0.2) is 5.96 Å². The van der Waals surface area contributed by atoms with E-state index < -0.39 is 0 Å². The highest BCUT2D eigenvalue weighted by atomic mass is 127. The molecular weight excluding hydrogens is 331 g/mol. The summed E-state index contributed by atoms with van der Waals surface area (Å²) in [5, 5.41) is 10.1. The van der Waals surface area contributed by atoms with E-state index in [0.29, 0.717) is 6.04 Å². The van der Waals surface area contributed by atoms with Crippen LogP contribution in [-0.2, 0) is 0 Å². The van der Waals surface area contributed by atoms with E-state index in [4.69, 9.17) is 0 Å². The van der Waals surface area contributed by atoms with Crippen molar-refractivity contribution in [3.8, 4) is 0 Å². The summed E-state index contributed by atoms with van der Waals surface area (Å²) in [4.78, 5) is 11.0. The number of halogens is 1. The second-order valence-electron chi connectivity index (χ2n) is 4.39. The average Bonchev–Trinajstić information content (AvgIpc) is 2.94. The Morgan fingerprint density at radius 3 is 3.24 bits per heavy atom. The Kier molecular flexibility index (Phi) is 3.85. The first-order chi connectivity index (χ1) is 7.84. The van der Waals surface area contributed by atoms with E-state index in [9.17, 15) is 0 Å². The Hall–Kier alpha value is -0.860. The van der Waals surface area contributed by atoms with Crippen LogP contribution in [0, 0.1) is 0 Å². The van der Waals surface area contributed by atoms with Crippen LogP contribution in [0.15, 0.2) is 11.3 Å². The summed E-state index contributed by atoms with van der Waals surface area (Å²) >= 11 is 0. The zero-order valence-corrected chi connectivity index (χ0v) is 12.1. The molecule has 2 aliphatic rings. The number of hydrogen-bond donors (Lipinski definition) is 2. The van der Waals surface area contributed by atoms with Gasteiger partial charge in [0.05, 0.1) is 18.6 Å². The Labute approximate surface area is 117 Å². The molecule has 6 nitrogen and oxygen atoms in total. The molecule has 2 aliphatic heterocycles. The summed E-state index contributed by atoms with van der Waals surface area (Å²) in [5.41, 5.74) is 0. The quantitative estimate of drug-likeness (QED) is 0.780. The minimum atomic E-state index is 0. The van der Waals surface area contributed by atoms with Crippen LogP contribution in [0.25, 0.3) is 0 Å². The fraction of sp³-hybridized carbons (Fsp3) is 0.700. The highest BCUT2D eigenvalue weighted by Gasteiger charge is 2.32. The molecule has 2 N–H and O–H groups in total. The first-order valence-electron chi connectivity index (χ1n) is 5.77. The van der Waals surface area contributed by atoms with Crippen molar-refractivity contribution in [1.29, 1.82) is 0 Å². The highest BCUT2D eigenvalue weighted by Crippen LogP contribution is 2.22. The second-order valence-corrected chi connectivity index (χ2v) is 4.39. The number of nitrogens with one attached hydrogen (secondary N) is 2. The molecule has 7 heteroatoms. The second kappa shape index (κ2) is 5.19. The maximum absolute atomic E-state index is 4.54.